The van der Waals surface area contributed by atoms with Gasteiger partial charge < -0.3 is 9.88 Å². The van der Waals surface area contributed by atoms with Crippen LogP contribution in [0.15, 0.2) is 54.9 Å². The number of para-hydroxylation sites is 1. The van der Waals surface area contributed by atoms with Gasteiger partial charge in [0.15, 0.2) is 11.6 Å². The predicted octanol–water partition coefficient (Wildman–Crippen LogP) is 8.02. The summed E-state index contributed by atoms with van der Waals surface area (Å²) >= 11 is 6.57. The Hall–Kier alpha value is -3.64. The van der Waals surface area contributed by atoms with Gasteiger partial charge in [0.05, 0.1) is 27.6 Å². The Morgan fingerprint density at radius 2 is 1.85 bits per heavy atom. The van der Waals surface area contributed by atoms with Crippen LogP contribution in [0.1, 0.15) is 61.6 Å². The number of fused-ring (bicyclic) bond motifs is 2. The minimum absolute atomic E-state index is 0.221. The van der Waals surface area contributed by atoms with E-state index in [1.807, 2.05) is 17.2 Å². The van der Waals surface area contributed by atoms with E-state index in [4.69, 9.17) is 16.7 Å². The Morgan fingerprint density at radius 3 is 2.54 bits per heavy atom. The first-order valence-corrected chi connectivity index (χ1v) is 14.2. The molecule has 2 aromatic carbocycles. The SMILES string of the molecule is CCc1cccc(CC)c1-n1nc2c(c1-c1ccc(Cl)c3[nH]ccc13)CN(c1ncc(C(C)C)cc1F)CC2. The van der Waals surface area contributed by atoms with Crippen molar-refractivity contribution >= 4 is 28.3 Å². The molecule has 7 heteroatoms. The number of aromatic amines is 1. The van der Waals surface area contributed by atoms with Gasteiger partial charge in [-0.1, -0.05) is 63.6 Å². The minimum atomic E-state index is -0.275. The number of pyridine rings is 1. The molecule has 0 aliphatic carbocycles. The van der Waals surface area contributed by atoms with Crippen molar-refractivity contribution in [3.8, 4) is 16.9 Å². The van der Waals surface area contributed by atoms with Gasteiger partial charge >= 0.3 is 0 Å². The van der Waals surface area contributed by atoms with E-state index >= 15 is 4.39 Å². The Labute approximate surface area is 233 Å². The summed E-state index contributed by atoms with van der Waals surface area (Å²) < 4.78 is 17.5. The van der Waals surface area contributed by atoms with Crippen molar-refractivity contribution in [1.82, 2.24) is 19.7 Å². The second kappa shape index (κ2) is 10.2. The van der Waals surface area contributed by atoms with Crippen LogP contribution in [0.5, 0.6) is 0 Å². The van der Waals surface area contributed by atoms with Crippen molar-refractivity contribution in [1.29, 1.82) is 0 Å². The number of aromatic nitrogens is 4. The molecule has 4 heterocycles. The van der Waals surface area contributed by atoms with Crippen molar-refractivity contribution in [3.05, 3.63) is 93.6 Å². The zero-order valence-electron chi connectivity index (χ0n) is 22.9. The third-order valence-electron chi connectivity index (χ3n) is 7.95. The van der Waals surface area contributed by atoms with Gasteiger partial charge in [-0.15, -0.1) is 0 Å². The molecule has 1 aliphatic rings. The molecule has 0 atom stereocenters. The van der Waals surface area contributed by atoms with Crippen LogP contribution in [-0.2, 0) is 25.8 Å². The lowest BCUT2D eigenvalue weighted by molar-refractivity contribution is 0.595. The molecule has 0 bridgehead atoms. The number of hydrogen-bond acceptors (Lipinski definition) is 3. The van der Waals surface area contributed by atoms with Gasteiger partial charge in [-0.3, -0.25) is 0 Å². The van der Waals surface area contributed by atoms with Gasteiger partial charge in [-0.25, -0.2) is 14.1 Å². The topological polar surface area (TPSA) is 49.7 Å². The van der Waals surface area contributed by atoms with Gasteiger partial charge in [0, 0.05) is 48.4 Å². The lowest BCUT2D eigenvalue weighted by Gasteiger charge is -2.28. The van der Waals surface area contributed by atoms with Crippen LogP contribution in [0.4, 0.5) is 10.2 Å². The number of aryl methyl sites for hydroxylation is 2. The van der Waals surface area contributed by atoms with Gasteiger partial charge in [0.2, 0.25) is 0 Å². The quantitative estimate of drug-likeness (QED) is 0.237. The summed E-state index contributed by atoms with van der Waals surface area (Å²) in [4.78, 5) is 9.92. The fourth-order valence-electron chi connectivity index (χ4n) is 5.80. The van der Waals surface area contributed by atoms with Crippen LogP contribution in [0.25, 0.3) is 27.8 Å². The van der Waals surface area contributed by atoms with Crippen molar-refractivity contribution in [2.75, 3.05) is 11.4 Å². The summed E-state index contributed by atoms with van der Waals surface area (Å²) in [6, 6.07) is 14.2. The Kier molecular flexibility index (Phi) is 6.67. The van der Waals surface area contributed by atoms with Crippen LogP contribution in [0.3, 0.4) is 0 Å². The van der Waals surface area contributed by atoms with E-state index in [1.165, 1.54) is 11.1 Å². The highest BCUT2D eigenvalue weighted by Gasteiger charge is 2.30. The van der Waals surface area contributed by atoms with Gasteiger partial charge in [-0.2, -0.15) is 5.10 Å². The Balaban J connectivity index is 1.57. The average Bonchev–Trinajstić information content (AvgIpc) is 3.58. The summed E-state index contributed by atoms with van der Waals surface area (Å²) in [7, 11) is 0. The number of anilines is 1. The van der Waals surface area contributed by atoms with Crippen molar-refractivity contribution in [2.24, 2.45) is 0 Å². The first kappa shape index (κ1) is 25.6. The van der Waals surface area contributed by atoms with E-state index in [-0.39, 0.29) is 11.7 Å². The molecule has 0 amide bonds. The number of rotatable bonds is 6. The standard InChI is InChI=1S/C32H33ClFN5/c1-5-20-8-7-9-21(6-2)30(20)39-31(24-10-11-26(33)29-23(24)12-14-35-29)25-18-38(15-13-28(25)37-39)32-27(34)16-22(17-36-32)19(3)4/h7-12,14,16-17,19,35H,5-6,13,15,18H2,1-4H3. The first-order valence-electron chi connectivity index (χ1n) is 13.8. The highest BCUT2D eigenvalue weighted by atomic mass is 35.5. The molecule has 0 fully saturated rings. The molecule has 39 heavy (non-hydrogen) atoms. The molecular formula is C32H33ClFN5. The van der Waals surface area contributed by atoms with Crippen LogP contribution in [-0.4, -0.2) is 26.3 Å². The Morgan fingerprint density at radius 1 is 1.08 bits per heavy atom. The number of nitrogens with zero attached hydrogens (tertiary/aromatic N) is 4. The molecule has 6 rings (SSSR count). The predicted molar refractivity (Wildman–Crippen MR) is 158 cm³/mol. The molecule has 0 saturated carbocycles. The van der Waals surface area contributed by atoms with E-state index in [2.05, 4.69) is 72.7 Å². The molecule has 5 aromatic rings. The fourth-order valence-corrected chi connectivity index (χ4v) is 6.02. The van der Waals surface area contributed by atoms with Gasteiger partial charge in [0.1, 0.15) is 0 Å². The molecule has 0 radical (unpaired) electrons. The maximum Gasteiger partial charge on any atom is 0.165 e. The minimum Gasteiger partial charge on any atom is -0.360 e. The van der Waals surface area contributed by atoms with E-state index in [0.29, 0.717) is 30.4 Å². The van der Waals surface area contributed by atoms with Gasteiger partial charge in [-0.05, 0) is 53.6 Å². The number of hydrogen-bond donors (Lipinski definition) is 1. The third kappa shape index (κ3) is 4.31. The zero-order chi connectivity index (χ0) is 27.3. The van der Waals surface area contributed by atoms with Crippen LogP contribution < -0.4 is 4.90 Å². The molecule has 200 valence electrons. The fraction of sp³-hybridized carbons (Fsp3) is 0.312. The highest BCUT2D eigenvalue weighted by molar-refractivity contribution is 6.35. The van der Waals surface area contributed by atoms with Crippen LogP contribution in [0.2, 0.25) is 5.02 Å². The van der Waals surface area contributed by atoms with E-state index in [9.17, 15) is 0 Å². The molecule has 5 nitrogen and oxygen atoms in total. The van der Waals surface area contributed by atoms with E-state index in [1.54, 1.807) is 12.3 Å². The highest BCUT2D eigenvalue weighted by Crippen LogP contribution is 2.40. The normalized spacial score (nSPS) is 13.5. The van der Waals surface area contributed by atoms with E-state index < -0.39 is 0 Å². The average molecular weight is 542 g/mol. The smallest absolute Gasteiger partial charge is 0.165 e. The summed E-state index contributed by atoms with van der Waals surface area (Å²) in [5.41, 5.74) is 9.70. The third-order valence-corrected chi connectivity index (χ3v) is 8.26. The molecule has 0 spiro atoms. The van der Waals surface area contributed by atoms with Crippen molar-refractivity contribution in [3.63, 3.8) is 0 Å². The Bertz CT molecular complexity index is 1660. The number of H-pyrrole nitrogens is 1. The number of nitrogens with one attached hydrogen (secondary N) is 1. The summed E-state index contributed by atoms with van der Waals surface area (Å²) in [5.74, 6) is 0.344. The summed E-state index contributed by atoms with van der Waals surface area (Å²) in [6.07, 6.45) is 6.23. The molecule has 0 unspecified atom stereocenters. The zero-order valence-corrected chi connectivity index (χ0v) is 23.6. The maximum absolute atomic E-state index is 15.3. The second-order valence-corrected chi connectivity index (χ2v) is 11.0. The molecular weight excluding hydrogens is 509 g/mol. The first-order chi connectivity index (χ1) is 18.9. The van der Waals surface area contributed by atoms with Crippen molar-refractivity contribution in [2.45, 2.75) is 59.4 Å². The van der Waals surface area contributed by atoms with E-state index in [0.717, 1.165) is 57.5 Å². The summed E-state index contributed by atoms with van der Waals surface area (Å²) in [6.45, 7) is 9.66. The largest absolute Gasteiger partial charge is 0.360 e. The molecule has 3 aromatic heterocycles. The number of halogens is 2. The lowest BCUT2D eigenvalue weighted by atomic mass is 9.97. The second-order valence-electron chi connectivity index (χ2n) is 10.6. The maximum atomic E-state index is 15.3. The molecule has 1 aliphatic heterocycles. The number of benzene rings is 2. The van der Waals surface area contributed by atoms with Crippen molar-refractivity contribution < 1.29 is 4.39 Å². The van der Waals surface area contributed by atoms with Crippen LogP contribution in [0, 0.1) is 5.82 Å². The monoisotopic (exact) mass is 541 g/mol. The van der Waals surface area contributed by atoms with Crippen LogP contribution >= 0.6 is 11.6 Å². The van der Waals surface area contributed by atoms with Gasteiger partial charge in [0.25, 0.3) is 0 Å². The lowest BCUT2D eigenvalue weighted by Crippen LogP contribution is -2.31. The molecule has 0 saturated heterocycles. The molecule has 1 N–H and O–H groups in total. The summed E-state index contributed by atoms with van der Waals surface area (Å²) in [5, 5.41) is 6.97.